The van der Waals surface area contributed by atoms with Crippen LogP contribution in [0.4, 0.5) is 5.69 Å². The quantitative estimate of drug-likeness (QED) is 0.624. The Bertz CT molecular complexity index is 848. The Labute approximate surface area is 145 Å². The highest BCUT2D eigenvalue weighted by atomic mass is 16.5. The van der Waals surface area contributed by atoms with Gasteiger partial charge in [0.2, 0.25) is 0 Å². The van der Waals surface area contributed by atoms with Crippen LogP contribution in [0.25, 0.3) is 6.08 Å². The van der Waals surface area contributed by atoms with Crippen LogP contribution in [0.2, 0.25) is 0 Å². The van der Waals surface area contributed by atoms with Crippen LogP contribution in [0, 0.1) is 18.3 Å². The Kier molecular flexibility index (Phi) is 5.91. The summed E-state index contributed by atoms with van der Waals surface area (Å²) >= 11 is 0. The SMILES string of the molecule is Cc1cccc(NC(=O)/C(C#N)=C\c2ccc(OCC(=O)O)cc2)c1. The molecule has 0 aliphatic carbocycles. The number of carboxylic acids is 1. The predicted molar refractivity (Wildman–Crippen MR) is 93.0 cm³/mol. The fraction of sp³-hybridized carbons (Fsp3) is 0.105. The summed E-state index contributed by atoms with van der Waals surface area (Å²) in [6, 6.07) is 15.6. The lowest BCUT2D eigenvalue weighted by molar-refractivity contribution is -0.139. The molecule has 0 aromatic heterocycles. The van der Waals surface area contributed by atoms with Gasteiger partial charge in [0, 0.05) is 5.69 Å². The average molecular weight is 336 g/mol. The van der Waals surface area contributed by atoms with Crippen molar-refractivity contribution in [2.24, 2.45) is 0 Å². The second kappa shape index (κ2) is 8.31. The largest absolute Gasteiger partial charge is 0.482 e. The number of aryl methyl sites for hydroxylation is 1. The fourth-order valence-corrected chi connectivity index (χ4v) is 2.04. The van der Waals surface area contributed by atoms with E-state index in [2.05, 4.69) is 5.32 Å². The van der Waals surface area contributed by atoms with Gasteiger partial charge < -0.3 is 15.2 Å². The number of carboxylic acid groups (broad SMARTS) is 1. The van der Waals surface area contributed by atoms with E-state index in [0.29, 0.717) is 17.0 Å². The number of hydrogen-bond acceptors (Lipinski definition) is 4. The highest BCUT2D eigenvalue weighted by Crippen LogP contribution is 2.16. The van der Waals surface area contributed by atoms with Gasteiger partial charge in [0.05, 0.1) is 0 Å². The molecule has 0 aliphatic heterocycles. The van der Waals surface area contributed by atoms with Crippen LogP contribution in [0.5, 0.6) is 5.75 Å². The van der Waals surface area contributed by atoms with Gasteiger partial charge in [-0.3, -0.25) is 4.79 Å². The summed E-state index contributed by atoms with van der Waals surface area (Å²) in [7, 11) is 0. The van der Waals surface area contributed by atoms with E-state index >= 15 is 0 Å². The molecule has 2 aromatic carbocycles. The Morgan fingerprint density at radius 2 is 1.96 bits per heavy atom. The van der Waals surface area contributed by atoms with Crippen LogP contribution in [0.15, 0.2) is 54.1 Å². The summed E-state index contributed by atoms with van der Waals surface area (Å²) in [4.78, 5) is 22.7. The van der Waals surface area contributed by atoms with Crippen molar-refractivity contribution in [2.75, 3.05) is 11.9 Å². The smallest absolute Gasteiger partial charge is 0.341 e. The van der Waals surface area contributed by atoms with E-state index < -0.39 is 18.5 Å². The number of amides is 1. The third kappa shape index (κ3) is 5.52. The van der Waals surface area contributed by atoms with Crippen molar-refractivity contribution in [3.8, 4) is 11.8 Å². The molecule has 0 saturated heterocycles. The Morgan fingerprint density at radius 3 is 2.56 bits per heavy atom. The summed E-state index contributed by atoms with van der Waals surface area (Å²) in [5, 5.41) is 20.5. The minimum absolute atomic E-state index is 0.0410. The van der Waals surface area contributed by atoms with Crippen LogP contribution < -0.4 is 10.1 Å². The Balaban J connectivity index is 2.09. The Morgan fingerprint density at radius 1 is 1.24 bits per heavy atom. The summed E-state index contributed by atoms with van der Waals surface area (Å²) in [5.74, 6) is -1.18. The molecule has 0 aliphatic rings. The van der Waals surface area contributed by atoms with Gasteiger partial charge in [-0.1, -0.05) is 24.3 Å². The van der Waals surface area contributed by atoms with E-state index in [9.17, 15) is 14.9 Å². The average Bonchev–Trinajstić information content (AvgIpc) is 2.58. The van der Waals surface area contributed by atoms with E-state index in [1.165, 1.54) is 6.08 Å². The fourth-order valence-electron chi connectivity index (χ4n) is 2.04. The van der Waals surface area contributed by atoms with Gasteiger partial charge in [-0.2, -0.15) is 5.26 Å². The van der Waals surface area contributed by atoms with Gasteiger partial charge in [0.15, 0.2) is 6.61 Å². The van der Waals surface area contributed by atoms with Crippen LogP contribution in [-0.2, 0) is 9.59 Å². The summed E-state index contributed by atoms with van der Waals surface area (Å²) in [6.45, 7) is 1.47. The summed E-state index contributed by atoms with van der Waals surface area (Å²) in [5.41, 5.74) is 2.19. The number of benzene rings is 2. The molecule has 0 spiro atoms. The number of carbonyl (C=O) groups excluding carboxylic acids is 1. The molecule has 0 fully saturated rings. The third-order valence-electron chi connectivity index (χ3n) is 3.19. The topological polar surface area (TPSA) is 99.4 Å². The number of nitrogens with zero attached hydrogens (tertiary/aromatic N) is 1. The van der Waals surface area contributed by atoms with Crippen molar-refractivity contribution in [1.29, 1.82) is 5.26 Å². The van der Waals surface area contributed by atoms with Crippen LogP contribution in [0.3, 0.4) is 0 Å². The Hall–Kier alpha value is -3.59. The molecule has 25 heavy (non-hydrogen) atoms. The van der Waals surface area contributed by atoms with Crippen LogP contribution >= 0.6 is 0 Å². The first-order valence-corrected chi connectivity index (χ1v) is 7.42. The zero-order valence-corrected chi connectivity index (χ0v) is 13.5. The van der Waals surface area contributed by atoms with Crippen molar-refractivity contribution < 1.29 is 19.4 Å². The number of rotatable bonds is 6. The van der Waals surface area contributed by atoms with E-state index in [1.807, 2.05) is 31.2 Å². The monoisotopic (exact) mass is 336 g/mol. The van der Waals surface area contributed by atoms with Gasteiger partial charge in [-0.15, -0.1) is 0 Å². The van der Waals surface area contributed by atoms with Gasteiger partial charge in [-0.05, 0) is 48.4 Å². The van der Waals surface area contributed by atoms with Gasteiger partial charge >= 0.3 is 5.97 Å². The number of aliphatic carboxylic acids is 1. The number of nitriles is 1. The molecule has 0 heterocycles. The minimum atomic E-state index is -1.07. The molecule has 6 nitrogen and oxygen atoms in total. The molecule has 2 N–H and O–H groups in total. The first kappa shape index (κ1) is 17.8. The van der Waals surface area contributed by atoms with E-state index in [-0.39, 0.29) is 5.57 Å². The zero-order chi connectivity index (χ0) is 18.2. The first-order chi connectivity index (χ1) is 12.0. The zero-order valence-electron chi connectivity index (χ0n) is 13.5. The second-order valence-electron chi connectivity index (χ2n) is 5.24. The second-order valence-corrected chi connectivity index (χ2v) is 5.24. The molecule has 0 bridgehead atoms. The maximum atomic E-state index is 12.2. The van der Waals surface area contributed by atoms with E-state index in [0.717, 1.165) is 5.56 Å². The number of carbonyl (C=O) groups is 2. The van der Waals surface area contributed by atoms with Crippen molar-refractivity contribution in [1.82, 2.24) is 0 Å². The summed E-state index contributed by atoms with van der Waals surface area (Å²) in [6.07, 6.45) is 1.45. The normalized spacial score (nSPS) is 10.6. The van der Waals surface area contributed by atoms with Crippen molar-refractivity contribution in [3.05, 3.63) is 65.2 Å². The van der Waals surface area contributed by atoms with E-state index in [4.69, 9.17) is 9.84 Å². The molecule has 2 aromatic rings. The van der Waals surface area contributed by atoms with Gasteiger partial charge in [0.1, 0.15) is 17.4 Å². The number of hydrogen-bond donors (Lipinski definition) is 2. The van der Waals surface area contributed by atoms with Crippen LogP contribution in [0.1, 0.15) is 11.1 Å². The standard InChI is InChI=1S/C19H16N2O4/c1-13-3-2-4-16(9-13)21-19(24)15(11-20)10-14-5-7-17(8-6-14)25-12-18(22)23/h2-10H,12H2,1H3,(H,21,24)(H,22,23)/b15-10-. The van der Waals surface area contributed by atoms with Crippen molar-refractivity contribution in [2.45, 2.75) is 6.92 Å². The van der Waals surface area contributed by atoms with Crippen molar-refractivity contribution in [3.63, 3.8) is 0 Å². The van der Waals surface area contributed by atoms with Gasteiger partial charge in [0.25, 0.3) is 5.91 Å². The lowest BCUT2D eigenvalue weighted by Crippen LogP contribution is -2.13. The molecule has 0 atom stereocenters. The molecule has 0 radical (unpaired) electrons. The van der Waals surface area contributed by atoms with Gasteiger partial charge in [-0.25, -0.2) is 4.79 Å². The minimum Gasteiger partial charge on any atom is -0.482 e. The molecule has 6 heteroatoms. The lowest BCUT2D eigenvalue weighted by atomic mass is 10.1. The molecule has 1 amide bonds. The molecular weight excluding hydrogens is 320 g/mol. The maximum Gasteiger partial charge on any atom is 0.341 e. The maximum absolute atomic E-state index is 12.2. The van der Waals surface area contributed by atoms with Crippen molar-refractivity contribution >= 4 is 23.6 Å². The molecule has 2 rings (SSSR count). The van der Waals surface area contributed by atoms with Crippen LogP contribution in [-0.4, -0.2) is 23.6 Å². The lowest BCUT2D eigenvalue weighted by Gasteiger charge is -2.06. The first-order valence-electron chi connectivity index (χ1n) is 7.42. The molecular formula is C19H16N2O4. The third-order valence-corrected chi connectivity index (χ3v) is 3.19. The predicted octanol–water partition coefficient (Wildman–Crippen LogP) is 3.00. The molecule has 0 unspecified atom stereocenters. The highest BCUT2D eigenvalue weighted by Gasteiger charge is 2.09. The van der Waals surface area contributed by atoms with E-state index in [1.54, 1.807) is 30.3 Å². The highest BCUT2D eigenvalue weighted by molar-refractivity contribution is 6.09. The number of anilines is 1. The molecule has 126 valence electrons. The molecule has 0 saturated carbocycles. The number of ether oxygens (including phenoxy) is 1. The summed E-state index contributed by atoms with van der Waals surface area (Å²) < 4.78 is 5.03. The number of nitrogens with one attached hydrogen (secondary N) is 1.